The van der Waals surface area contributed by atoms with Gasteiger partial charge in [-0.1, -0.05) is 12.1 Å². The lowest BCUT2D eigenvalue weighted by molar-refractivity contribution is -0.193. The molecule has 3 aromatic rings. The number of carboxylic acid groups (broad SMARTS) is 2. The Morgan fingerprint density at radius 3 is 2.18 bits per heavy atom. The number of hydrogen-bond donors (Lipinski definition) is 7. The number of aromatic hydroxyl groups is 1. The Morgan fingerprint density at radius 2 is 1.63 bits per heavy atom. The molecule has 2 aliphatic heterocycles. The number of H-pyrrole nitrogens is 1. The van der Waals surface area contributed by atoms with Crippen molar-refractivity contribution < 1.29 is 72.0 Å². The normalized spacial score (nSPS) is 25.2. The minimum atomic E-state index is -5.08. The highest BCUT2D eigenvalue weighted by Gasteiger charge is 2.72. The SMILES string of the molecule is NC(N)=Nc1ccc2c3c([nH]c2c1)[C@@H]1Oc2c(O)ccc4c2[C@@]12CCN(CC1CC1)[C@H](C4)[C@]2(O)C3.O.O.O=C(O)C(F)(F)F.O=C(O)C(F)(F)F. The first-order valence-electron chi connectivity index (χ1n) is 15.1. The van der Waals surface area contributed by atoms with Gasteiger partial charge in [0, 0.05) is 35.5 Å². The number of carbonyl (C=O) groups is 2. The number of likely N-dealkylation sites (tertiary alicyclic amines) is 1. The van der Waals surface area contributed by atoms with Crippen LogP contribution in [0.4, 0.5) is 32.0 Å². The predicted molar refractivity (Wildman–Crippen MR) is 167 cm³/mol. The number of nitrogens with two attached hydrogens (primary N) is 2. The number of rotatable bonds is 3. The fraction of sp³-hybridized carbons (Fsp3) is 0.452. The highest BCUT2D eigenvalue weighted by molar-refractivity contribution is 5.90. The minimum Gasteiger partial charge on any atom is -0.504 e. The molecule has 14 nitrogen and oxygen atoms in total. The van der Waals surface area contributed by atoms with E-state index in [1.54, 1.807) is 6.07 Å². The highest BCUT2D eigenvalue weighted by Crippen LogP contribution is 2.69. The third-order valence-electron chi connectivity index (χ3n) is 9.89. The first-order chi connectivity index (χ1) is 22.8. The number of nitrogens with one attached hydrogen (secondary N) is 1. The van der Waals surface area contributed by atoms with E-state index in [-0.39, 0.29) is 34.8 Å². The molecule has 1 saturated carbocycles. The lowest BCUT2D eigenvalue weighted by Gasteiger charge is -2.62. The van der Waals surface area contributed by atoms with Crippen LogP contribution in [-0.2, 0) is 27.8 Å². The molecule has 3 aliphatic carbocycles. The van der Waals surface area contributed by atoms with Crippen LogP contribution in [0.25, 0.3) is 10.9 Å². The van der Waals surface area contributed by atoms with Crippen molar-refractivity contribution in [2.75, 3.05) is 13.1 Å². The number of fused-ring (bicyclic) bond motifs is 4. The van der Waals surface area contributed by atoms with Gasteiger partial charge < -0.3 is 52.6 Å². The zero-order chi connectivity index (χ0) is 35.8. The van der Waals surface area contributed by atoms with Gasteiger partial charge >= 0.3 is 24.3 Å². The van der Waals surface area contributed by atoms with Gasteiger partial charge in [0.25, 0.3) is 0 Å². The van der Waals surface area contributed by atoms with E-state index in [0.29, 0.717) is 17.9 Å². The van der Waals surface area contributed by atoms with Crippen LogP contribution in [0.1, 0.15) is 47.8 Å². The third-order valence-corrected chi connectivity index (χ3v) is 9.89. The molecule has 2 bridgehead atoms. The van der Waals surface area contributed by atoms with E-state index in [1.165, 1.54) is 18.4 Å². The summed E-state index contributed by atoms with van der Waals surface area (Å²) in [7, 11) is 0. The summed E-state index contributed by atoms with van der Waals surface area (Å²) in [4.78, 5) is 28.2. The predicted octanol–water partition coefficient (Wildman–Crippen LogP) is 2.09. The molecular formula is C31H35F6N5O9. The fourth-order valence-corrected chi connectivity index (χ4v) is 7.84. The Morgan fingerprint density at radius 1 is 1.02 bits per heavy atom. The van der Waals surface area contributed by atoms with Crippen molar-refractivity contribution in [2.45, 2.75) is 67.6 Å². The Balaban J connectivity index is 0.000000313. The Bertz CT molecular complexity index is 1850. The van der Waals surface area contributed by atoms with Gasteiger partial charge in [0.15, 0.2) is 23.6 Å². The number of hydrogen-bond acceptors (Lipinski definition) is 7. The zero-order valence-corrected chi connectivity index (χ0v) is 26.4. The van der Waals surface area contributed by atoms with Crippen LogP contribution in [0.5, 0.6) is 11.5 Å². The Labute approximate surface area is 283 Å². The number of aliphatic carboxylic acids is 2. The van der Waals surface area contributed by atoms with Crippen molar-refractivity contribution in [3.63, 3.8) is 0 Å². The van der Waals surface area contributed by atoms with E-state index in [9.17, 15) is 36.6 Å². The monoisotopic (exact) mass is 735 g/mol. The number of aliphatic imine (C=N–C) groups is 1. The lowest BCUT2D eigenvalue weighted by atomic mass is 9.49. The molecule has 51 heavy (non-hydrogen) atoms. The molecule has 1 aromatic heterocycles. The summed E-state index contributed by atoms with van der Waals surface area (Å²) in [6, 6.07) is 9.68. The number of aromatic nitrogens is 1. The van der Waals surface area contributed by atoms with Crippen molar-refractivity contribution in [1.82, 2.24) is 9.88 Å². The molecule has 0 unspecified atom stereocenters. The Hall–Kier alpha value is -4.79. The van der Waals surface area contributed by atoms with Gasteiger partial charge in [0.2, 0.25) is 0 Å². The minimum absolute atomic E-state index is 0. The maximum absolute atomic E-state index is 12.8. The first-order valence-corrected chi connectivity index (χ1v) is 15.1. The molecule has 8 rings (SSSR count). The van der Waals surface area contributed by atoms with Crippen molar-refractivity contribution in [1.29, 1.82) is 0 Å². The smallest absolute Gasteiger partial charge is 0.490 e. The number of aromatic amines is 1. The van der Waals surface area contributed by atoms with Gasteiger partial charge in [-0.15, -0.1) is 0 Å². The molecule has 5 aliphatic rings. The Kier molecular flexibility index (Phi) is 10.00. The summed E-state index contributed by atoms with van der Waals surface area (Å²) in [5.41, 5.74) is 15.5. The van der Waals surface area contributed by atoms with Crippen LogP contribution in [0.2, 0.25) is 0 Å². The van der Waals surface area contributed by atoms with E-state index in [0.717, 1.165) is 59.6 Å². The second-order valence-electron chi connectivity index (χ2n) is 12.8. The number of alkyl halides is 6. The van der Waals surface area contributed by atoms with Crippen LogP contribution in [0.15, 0.2) is 35.3 Å². The summed E-state index contributed by atoms with van der Waals surface area (Å²) >= 11 is 0. The van der Waals surface area contributed by atoms with Crippen molar-refractivity contribution >= 4 is 34.5 Å². The number of phenolic OH excluding ortho intramolecular Hbond substituents is 1. The number of phenols is 1. The van der Waals surface area contributed by atoms with Gasteiger partial charge in [0.1, 0.15) is 0 Å². The van der Waals surface area contributed by atoms with Crippen LogP contribution in [0, 0.1) is 5.92 Å². The first kappa shape index (κ1) is 39.0. The summed E-state index contributed by atoms with van der Waals surface area (Å²) < 4.78 is 70.1. The molecule has 4 atom stereocenters. The van der Waals surface area contributed by atoms with Crippen molar-refractivity contribution in [3.05, 3.63) is 52.7 Å². The standard InChI is InChI=1S/C27H29N5O3.2C2HF3O2.2H2O/c28-25(29)30-15-4-5-16-17-11-27(34)20-9-14-3-6-19(33)23-21(14)26(27,7-8-32(20)12-13-1-2-13)24(35-23)22(17)31-18(16)10-15;2*3-2(4,5)1(6)7;;/h3-6,10,13,20,24,31,33-34H,1-2,7-9,11-12H2,(H4,28,29,30);2*(H,6,7);2*1H2/t20-,24+,26+,27-;;;;/m1..../s1. The fourth-order valence-electron chi connectivity index (χ4n) is 7.84. The molecule has 0 radical (unpaired) electrons. The van der Waals surface area contributed by atoms with E-state index in [1.807, 2.05) is 24.3 Å². The van der Waals surface area contributed by atoms with Crippen molar-refractivity contribution in [3.8, 4) is 11.5 Å². The average molecular weight is 736 g/mol. The largest absolute Gasteiger partial charge is 0.504 e. The molecular weight excluding hydrogens is 700 g/mol. The van der Waals surface area contributed by atoms with Crippen LogP contribution in [0.3, 0.4) is 0 Å². The lowest BCUT2D eigenvalue weighted by Crippen LogP contribution is -2.74. The summed E-state index contributed by atoms with van der Waals surface area (Å²) in [5.74, 6) is -4.04. The molecule has 1 saturated heterocycles. The topological polar surface area (TPSA) is 271 Å². The maximum Gasteiger partial charge on any atom is 0.490 e. The number of carboxylic acids is 2. The summed E-state index contributed by atoms with van der Waals surface area (Å²) in [6.07, 6.45) is -5.85. The molecule has 13 N–H and O–H groups in total. The molecule has 2 fully saturated rings. The summed E-state index contributed by atoms with van der Waals surface area (Å²) in [5, 5.41) is 38.9. The number of aliphatic hydroxyl groups is 1. The second-order valence-corrected chi connectivity index (χ2v) is 12.8. The van der Waals surface area contributed by atoms with Crippen molar-refractivity contribution in [2.24, 2.45) is 22.4 Å². The maximum atomic E-state index is 12.8. The number of nitrogens with zero attached hydrogens (tertiary/aromatic N) is 2. The van der Waals surface area contributed by atoms with Crippen LogP contribution in [-0.4, -0.2) is 96.2 Å². The van der Waals surface area contributed by atoms with E-state index < -0.39 is 35.3 Å². The molecule has 2 aromatic carbocycles. The van der Waals surface area contributed by atoms with E-state index >= 15 is 0 Å². The zero-order valence-electron chi connectivity index (χ0n) is 26.4. The number of benzene rings is 2. The number of ether oxygens (including phenoxy) is 1. The quantitative estimate of drug-likeness (QED) is 0.117. The molecule has 3 heterocycles. The van der Waals surface area contributed by atoms with Gasteiger partial charge in [-0.3, -0.25) is 4.90 Å². The number of halogens is 6. The highest BCUT2D eigenvalue weighted by atomic mass is 19.4. The van der Waals surface area contributed by atoms with Gasteiger partial charge in [0.05, 0.1) is 22.4 Å². The van der Waals surface area contributed by atoms with Crippen LogP contribution < -0.4 is 16.2 Å². The average Bonchev–Trinajstić information content (AvgIpc) is 3.63. The molecule has 20 heteroatoms. The van der Waals surface area contributed by atoms with E-state index in [2.05, 4.69) is 14.9 Å². The molecule has 280 valence electrons. The molecule has 1 spiro atoms. The second kappa shape index (κ2) is 13.1. The van der Waals surface area contributed by atoms with Crippen LogP contribution >= 0.6 is 0 Å². The van der Waals surface area contributed by atoms with Gasteiger partial charge in [-0.25, -0.2) is 14.6 Å². The number of guanidine groups is 1. The third kappa shape index (κ3) is 6.47. The molecule has 0 amide bonds. The van der Waals surface area contributed by atoms with Gasteiger partial charge in [-0.05, 0) is 67.5 Å². The van der Waals surface area contributed by atoms with Gasteiger partial charge in [-0.2, -0.15) is 26.3 Å². The number of piperidine rings is 1. The summed E-state index contributed by atoms with van der Waals surface area (Å²) in [6.45, 7) is 1.99. The van der Waals surface area contributed by atoms with E-state index in [4.69, 9.17) is 36.0 Å².